The fourth-order valence-electron chi connectivity index (χ4n) is 3.74. The highest BCUT2D eigenvalue weighted by atomic mass is 32.2. The van der Waals surface area contributed by atoms with Gasteiger partial charge in [-0.15, -0.1) is 0 Å². The van der Waals surface area contributed by atoms with Crippen LogP contribution in [0, 0.1) is 6.92 Å². The number of nitrogens with zero attached hydrogens (tertiary/aromatic N) is 4. The van der Waals surface area contributed by atoms with Crippen LogP contribution in [0.5, 0.6) is 0 Å². The van der Waals surface area contributed by atoms with Crippen molar-refractivity contribution >= 4 is 39.4 Å². The summed E-state index contributed by atoms with van der Waals surface area (Å²) in [6.45, 7) is 2.32. The van der Waals surface area contributed by atoms with Gasteiger partial charge in [0.15, 0.2) is 5.17 Å². The molecule has 1 aliphatic heterocycles. The van der Waals surface area contributed by atoms with E-state index >= 15 is 0 Å². The Bertz CT molecular complexity index is 1400. The first-order chi connectivity index (χ1) is 15.6. The summed E-state index contributed by atoms with van der Waals surface area (Å²) in [6, 6.07) is 24.6. The molecule has 1 aliphatic rings. The molecule has 4 aromatic rings. The SMILES string of the molecule is Cc1nc2ccccc2c(=O)n1-c1ccc(N=C2SCC(=O)N2Cc2ccccc2)cc1. The number of fused-ring (bicyclic) bond motifs is 1. The molecule has 1 aromatic heterocycles. The Morgan fingerprint density at radius 2 is 1.66 bits per heavy atom. The number of carbonyl (C=O) groups is 1. The van der Waals surface area contributed by atoms with Gasteiger partial charge in [0.2, 0.25) is 5.91 Å². The topological polar surface area (TPSA) is 67.6 Å². The van der Waals surface area contributed by atoms with Crippen molar-refractivity contribution < 1.29 is 4.79 Å². The predicted octanol–water partition coefficient (Wildman–Crippen LogP) is 4.46. The number of aliphatic imine (C=N–C) groups is 1. The molecule has 0 unspecified atom stereocenters. The monoisotopic (exact) mass is 440 g/mol. The quantitative estimate of drug-likeness (QED) is 0.470. The third kappa shape index (κ3) is 3.83. The summed E-state index contributed by atoms with van der Waals surface area (Å²) < 4.78 is 1.61. The van der Waals surface area contributed by atoms with Gasteiger partial charge in [0, 0.05) is 0 Å². The normalized spacial score (nSPS) is 15.1. The van der Waals surface area contributed by atoms with E-state index in [1.165, 1.54) is 11.8 Å². The standard InChI is InChI=1S/C25H20N4O2S/c1-17-26-22-10-6-5-9-21(22)24(31)29(17)20-13-11-19(12-14-20)27-25-28(23(30)16-32-25)15-18-7-3-2-4-8-18/h2-14H,15-16H2,1H3. The summed E-state index contributed by atoms with van der Waals surface area (Å²) in [7, 11) is 0. The van der Waals surface area contributed by atoms with Gasteiger partial charge in [-0.05, 0) is 48.9 Å². The maximum atomic E-state index is 13.0. The Morgan fingerprint density at radius 1 is 0.938 bits per heavy atom. The first-order valence-electron chi connectivity index (χ1n) is 10.2. The van der Waals surface area contributed by atoms with Gasteiger partial charge < -0.3 is 0 Å². The zero-order valence-corrected chi connectivity index (χ0v) is 18.2. The lowest BCUT2D eigenvalue weighted by Crippen LogP contribution is -2.28. The van der Waals surface area contributed by atoms with Crippen LogP contribution in [0.1, 0.15) is 11.4 Å². The molecule has 3 aromatic carbocycles. The first kappa shape index (κ1) is 20.2. The zero-order chi connectivity index (χ0) is 22.1. The summed E-state index contributed by atoms with van der Waals surface area (Å²) in [5, 5.41) is 1.27. The average molecular weight is 441 g/mol. The van der Waals surface area contributed by atoms with Crippen LogP contribution in [0.15, 0.2) is 88.6 Å². The van der Waals surface area contributed by atoms with E-state index in [0.29, 0.717) is 34.2 Å². The largest absolute Gasteiger partial charge is 0.286 e. The summed E-state index contributed by atoms with van der Waals surface area (Å²) in [4.78, 5) is 36.4. The minimum absolute atomic E-state index is 0.0543. The predicted molar refractivity (Wildman–Crippen MR) is 129 cm³/mol. The van der Waals surface area contributed by atoms with Gasteiger partial charge in [0.05, 0.1) is 34.6 Å². The highest BCUT2D eigenvalue weighted by Gasteiger charge is 2.28. The van der Waals surface area contributed by atoms with E-state index in [-0.39, 0.29) is 11.5 Å². The molecule has 1 amide bonds. The molecule has 0 bridgehead atoms. The van der Waals surface area contributed by atoms with Crippen molar-refractivity contribution in [3.05, 3.63) is 101 Å². The summed E-state index contributed by atoms with van der Waals surface area (Å²) in [6.07, 6.45) is 0. The van der Waals surface area contributed by atoms with E-state index in [0.717, 1.165) is 16.9 Å². The molecule has 7 heteroatoms. The molecule has 1 saturated heterocycles. The number of amides is 1. The summed E-state index contributed by atoms with van der Waals surface area (Å²) in [5.74, 6) is 1.07. The Balaban J connectivity index is 1.45. The van der Waals surface area contributed by atoms with Crippen molar-refractivity contribution in [2.45, 2.75) is 13.5 Å². The minimum Gasteiger partial charge on any atom is -0.286 e. The van der Waals surface area contributed by atoms with Gasteiger partial charge in [-0.3, -0.25) is 19.1 Å². The van der Waals surface area contributed by atoms with Gasteiger partial charge in [-0.25, -0.2) is 9.98 Å². The Morgan fingerprint density at radius 3 is 2.44 bits per heavy atom. The number of hydrogen-bond acceptors (Lipinski definition) is 5. The van der Waals surface area contributed by atoms with Crippen LogP contribution >= 0.6 is 11.8 Å². The smallest absolute Gasteiger partial charge is 0.265 e. The fraction of sp³-hybridized carbons (Fsp3) is 0.120. The summed E-state index contributed by atoms with van der Waals surface area (Å²) >= 11 is 1.44. The van der Waals surface area contributed by atoms with Crippen LogP contribution in [-0.2, 0) is 11.3 Å². The number of aromatic nitrogens is 2. The number of aryl methyl sites for hydroxylation is 1. The fourth-order valence-corrected chi connectivity index (χ4v) is 4.64. The molecular weight excluding hydrogens is 420 g/mol. The van der Waals surface area contributed by atoms with Crippen molar-refractivity contribution in [2.24, 2.45) is 4.99 Å². The maximum Gasteiger partial charge on any atom is 0.265 e. The molecule has 0 atom stereocenters. The van der Waals surface area contributed by atoms with Crippen LogP contribution in [0.2, 0.25) is 0 Å². The third-order valence-electron chi connectivity index (χ3n) is 5.32. The number of hydrogen-bond donors (Lipinski definition) is 0. The van der Waals surface area contributed by atoms with E-state index in [2.05, 4.69) is 4.98 Å². The molecule has 158 valence electrons. The molecule has 32 heavy (non-hydrogen) atoms. The lowest BCUT2D eigenvalue weighted by Gasteiger charge is -2.16. The highest BCUT2D eigenvalue weighted by Crippen LogP contribution is 2.26. The second-order valence-corrected chi connectivity index (χ2v) is 8.42. The molecule has 0 spiro atoms. The molecule has 0 radical (unpaired) electrons. The summed E-state index contributed by atoms with van der Waals surface area (Å²) in [5.41, 5.74) is 3.10. The second-order valence-electron chi connectivity index (χ2n) is 7.48. The Kier molecular flexibility index (Phi) is 5.33. The lowest BCUT2D eigenvalue weighted by molar-refractivity contribution is -0.124. The van der Waals surface area contributed by atoms with E-state index < -0.39 is 0 Å². The van der Waals surface area contributed by atoms with Crippen molar-refractivity contribution in [3.63, 3.8) is 0 Å². The number of amidine groups is 1. The van der Waals surface area contributed by atoms with Crippen LogP contribution in [-0.4, -0.2) is 31.3 Å². The van der Waals surface area contributed by atoms with Gasteiger partial charge >= 0.3 is 0 Å². The van der Waals surface area contributed by atoms with E-state index in [9.17, 15) is 9.59 Å². The van der Waals surface area contributed by atoms with Crippen molar-refractivity contribution in [2.75, 3.05) is 5.75 Å². The van der Waals surface area contributed by atoms with E-state index in [1.807, 2.05) is 79.7 Å². The zero-order valence-electron chi connectivity index (χ0n) is 17.4. The Labute approximate surface area is 189 Å². The van der Waals surface area contributed by atoms with Crippen molar-refractivity contribution in [3.8, 4) is 5.69 Å². The van der Waals surface area contributed by atoms with E-state index in [4.69, 9.17) is 4.99 Å². The van der Waals surface area contributed by atoms with Gasteiger partial charge in [0.1, 0.15) is 5.82 Å². The number of benzene rings is 3. The van der Waals surface area contributed by atoms with Crippen molar-refractivity contribution in [1.82, 2.24) is 14.5 Å². The van der Waals surface area contributed by atoms with Crippen LogP contribution in [0.25, 0.3) is 16.6 Å². The number of thioether (sulfide) groups is 1. The van der Waals surface area contributed by atoms with Crippen LogP contribution < -0.4 is 5.56 Å². The number of rotatable bonds is 4. The molecule has 0 N–H and O–H groups in total. The molecule has 0 aliphatic carbocycles. The minimum atomic E-state index is -0.0989. The molecular formula is C25H20N4O2S. The first-order valence-corrected chi connectivity index (χ1v) is 11.2. The highest BCUT2D eigenvalue weighted by molar-refractivity contribution is 8.15. The number of para-hydroxylation sites is 1. The second kappa shape index (κ2) is 8.43. The van der Waals surface area contributed by atoms with Crippen molar-refractivity contribution in [1.29, 1.82) is 0 Å². The van der Waals surface area contributed by atoms with Gasteiger partial charge in [-0.1, -0.05) is 54.2 Å². The maximum absolute atomic E-state index is 13.0. The molecule has 2 heterocycles. The lowest BCUT2D eigenvalue weighted by atomic mass is 10.2. The van der Waals surface area contributed by atoms with Gasteiger partial charge in [0.25, 0.3) is 5.56 Å². The number of carbonyl (C=O) groups excluding carboxylic acids is 1. The van der Waals surface area contributed by atoms with Crippen LogP contribution in [0.3, 0.4) is 0 Å². The Hall–Kier alpha value is -3.71. The molecule has 6 nitrogen and oxygen atoms in total. The third-order valence-corrected chi connectivity index (χ3v) is 6.28. The van der Waals surface area contributed by atoms with Gasteiger partial charge in [-0.2, -0.15) is 0 Å². The van der Waals surface area contributed by atoms with Crippen LogP contribution in [0.4, 0.5) is 5.69 Å². The average Bonchev–Trinajstić information content (AvgIpc) is 3.14. The molecule has 5 rings (SSSR count). The molecule has 0 saturated carbocycles. The molecule has 1 fully saturated rings. The van der Waals surface area contributed by atoms with E-state index in [1.54, 1.807) is 15.5 Å².